The molecular formula is C14H17NO. The van der Waals surface area contributed by atoms with Gasteiger partial charge in [-0.3, -0.25) is 0 Å². The lowest BCUT2D eigenvalue weighted by Crippen LogP contribution is -2.32. The molecule has 2 N–H and O–H groups in total. The van der Waals surface area contributed by atoms with Crippen LogP contribution in [-0.2, 0) is 11.2 Å². The lowest BCUT2D eigenvalue weighted by molar-refractivity contribution is 0.0581. The molecule has 0 amide bonds. The first kappa shape index (κ1) is 10.8. The van der Waals surface area contributed by atoms with Crippen molar-refractivity contribution < 1.29 is 4.74 Å². The van der Waals surface area contributed by atoms with Gasteiger partial charge in [0.15, 0.2) is 0 Å². The molecular weight excluding hydrogens is 198 g/mol. The van der Waals surface area contributed by atoms with Crippen molar-refractivity contribution in [3.8, 4) is 0 Å². The van der Waals surface area contributed by atoms with Gasteiger partial charge in [-0.05, 0) is 31.6 Å². The molecule has 0 aliphatic carbocycles. The molecule has 2 heteroatoms. The Labute approximate surface area is 96.4 Å². The van der Waals surface area contributed by atoms with Crippen LogP contribution in [0.1, 0.15) is 19.4 Å². The van der Waals surface area contributed by atoms with Crippen LogP contribution in [0.5, 0.6) is 0 Å². The second kappa shape index (κ2) is 4.05. The summed E-state index contributed by atoms with van der Waals surface area (Å²) in [6.07, 6.45) is 4.67. The molecule has 1 heterocycles. The molecule has 0 fully saturated rings. The van der Waals surface area contributed by atoms with E-state index in [2.05, 4.69) is 19.1 Å². The van der Waals surface area contributed by atoms with Gasteiger partial charge in [0, 0.05) is 12.1 Å². The molecule has 16 heavy (non-hydrogen) atoms. The van der Waals surface area contributed by atoms with Gasteiger partial charge in [-0.25, -0.2) is 0 Å². The van der Waals surface area contributed by atoms with E-state index >= 15 is 0 Å². The molecule has 0 bridgehead atoms. The molecule has 0 aromatic heterocycles. The lowest BCUT2D eigenvalue weighted by atomic mass is 9.93. The fourth-order valence-corrected chi connectivity index (χ4v) is 2.14. The van der Waals surface area contributed by atoms with Crippen LogP contribution >= 0.6 is 0 Å². The molecule has 1 aliphatic rings. The molecule has 1 aliphatic heterocycles. The quantitative estimate of drug-likeness (QED) is 0.823. The van der Waals surface area contributed by atoms with Crippen LogP contribution < -0.4 is 5.73 Å². The van der Waals surface area contributed by atoms with Gasteiger partial charge in [-0.1, -0.05) is 30.3 Å². The van der Waals surface area contributed by atoms with E-state index in [4.69, 9.17) is 10.5 Å². The number of nitrogens with two attached hydrogens (primary N) is 1. The van der Waals surface area contributed by atoms with E-state index in [0.29, 0.717) is 0 Å². The summed E-state index contributed by atoms with van der Waals surface area (Å²) >= 11 is 0. The topological polar surface area (TPSA) is 35.2 Å². The summed E-state index contributed by atoms with van der Waals surface area (Å²) < 4.78 is 5.85. The van der Waals surface area contributed by atoms with E-state index in [9.17, 15) is 0 Å². The molecule has 0 radical (unpaired) electrons. The summed E-state index contributed by atoms with van der Waals surface area (Å²) in [6, 6.07) is 10.3. The molecule has 2 rings (SSSR count). The number of hydrogen-bond donors (Lipinski definition) is 1. The van der Waals surface area contributed by atoms with Gasteiger partial charge >= 0.3 is 0 Å². The Hall–Kier alpha value is -1.70. The number of hydrogen-bond acceptors (Lipinski definition) is 2. The summed E-state index contributed by atoms with van der Waals surface area (Å²) in [6.45, 7) is 3.99. The maximum absolute atomic E-state index is 5.86. The van der Waals surface area contributed by atoms with E-state index in [-0.39, 0.29) is 5.60 Å². The molecule has 1 atom stereocenters. The summed E-state index contributed by atoms with van der Waals surface area (Å²) in [7, 11) is 0. The summed E-state index contributed by atoms with van der Waals surface area (Å²) in [4.78, 5) is 0. The molecule has 0 saturated heterocycles. The van der Waals surface area contributed by atoms with Crippen LogP contribution in [0, 0.1) is 0 Å². The van der Waals surface area contributed by atoms with E-state index in [1.807, 2.05) is 37.3 Å². The third kappa shape index (κ3) is 2.45. The maximum atomic E-state index is 5.86. The monoisotopic (exact) mass is 215 g/mol. The second-order valence-corrected chi connectivity index (χ2v) is 4.48. The summed E-state index contributed by atoms with van der Waals surface area (Å²) in [5.74, 6) is 0.874. The normalized spacial score (nSPS) is 24.4. The van der Waals surface area contributed by atoms with E-state index in [0.717, 1.165) is 17.9 Å². The van der Waals surface area contributed by atoms with Crippen LogP contribution in [0.25, 0.3) is 0 Å². The van der Waals surface area contributed by atoms with Crippen LogP contribution in [0.3, 0.4) is 0 Å². The zero-order valence-electron chi connectivity index (χ0n) is 9.73. The molecule has 2 nitrogen and oxygen atoms in total. The average molecular weight is 215 g/mol. The van der Waals surface area contributed by atoms with Gasteiger partial charge in [-0.2, -0.15) is 0 Å². The first-order valence-electron chi connectivity index (χ1n) is 5.47. The molecule has 1 unspecified atom stereocenters. The zero-order chi connectivity index (χ0) is 11.6. The van der Waals surface area contributed by atoms with Crippen molar-refractivity contribution in [2.45, 2.75) is 25.9 Å². The Morgan fingerprint density at radius 3 is 2.56 bits per heavy atom. The Bertz CT molecular complexity index is 433. The van der Waals surface area contributed by atoms with Crippen molar-refractivity contribution >= 4 is 0 Å². The highest BCUT2D eigenvalue weighted by molar-refractivity contribution is 5.28. The molecule has 0 saturated carbocycles. The first-order valence-corrected chi connectivity index (χ1v) is 5.47. The van der Waals surface area contributed by atoms with Gasteiger partial charge < -0.3 is 10.5 Å². The fourth-order valence-electron chi connectivity index (χ4n) is 2.14. The maximum Gasteiger partial charge on any atom is 0.130 e. The average Bonchev–Trinajstić information content (AvgIpc) is 2.15. The highest BCUT2D eigenvalue weighted by Gasteiger charge is 2.27. The number of benzene rings is 1. The number of rotatable bonds is 2. The predicted octanol–water partition coefficient (Wildman–Crippen LogP) is 2.76. The Morgan fingerprint density at radius 1 is 1.25 bits per heavy atom. The van der Waals surface area contributed by atoms with Gasteiger partial charge in [0.25, 0.3) is 0 Å². The smallest absolute Gasteiger partial charge is 0.130 e. The van der Waals surface area contributed by atoms with Crippen molar-refractivity contribution in [3.63, 3.8) is 0 Å². The van der Waals surface area contributed by atoms with Crippen molar-refractivity contribution in [2.24, 2.45) is 5.73 Å². The molecule has 0 spiro atoms. The van der Waals surface area contributed by atoms with Crippen LogP contribution in [0.4, 0.5) is 0 Å². The van der Waals surface area contributed by atoms with Crippen LogP contribution in [0.15, 0.2) is 53.9 Å². The molecule has 1 aromatic rings. The lowest BCUT2D eigenvalue weighted by Gasteiger charge is -2.31. The third-order valence-electron chi connectivity index (χ3n) is 2.63. The number of allylic oxidation sites excluding steroid dienone is 2. The minimum absolute atomic E-state index is 0.329. The SMILES string of the molecule is CC1=CC(N)=CC(C)(Cc2ccccc2)O1. The van der Waals surface area contributed by atoms with Gasteiger partial charge in [0.1, 0.15) is 5.60 Å². The van der Waals surface area contributed by atoms with Crippen molar-refractivity contribution in [3.05, 3.63) is 59.5 Å². The second-order valence-electron chi connectivity index (χ2n) is 4.48. The molecule has 1 aromatic carbocycles. The third-order valence-corrected chi connectivity index (χ3v) is 2.63. The van der Waals surface area contributed by atoms with Gasteiger partial charge in [0.2, 0.25) is 0 Å². The van der Waals surface area contributed by atoms with Gasteiger partial charge in [-0.15, -0.1) is 0 Å². The Balaban J connectivity index is 2.19. The Morgan fingerprint density at radius 2 is 1.94 bits per heavy atom. The first-order chi connectivity index (χ1) is 7.57. The zero-order valence-corrected chi connectivity index (χ0v) is 9.73. The fraction of sp³-hybridized carbons (Fsp3) is 0.286. The van der Waals surface area contributed by atoms with Crippen molar-refractivity contribution in [2.75, 3.05) is 0 Å². The van der Waals surface area contributed by atoms with E-state index in [1.54, 1.807) is 0 Å². The molecule has 84 valence electrons. The summed E-state index contributed by atoms with van der Waals surface area (Å²) in [5.41, 5.74) is 7.56. The minimum atomic E-state index is -0.329. The summed E-state index contributed by atoms with van der Waals surface area (Å²) in [5, 5.41) is 0. The van der Waals surface area contributed by atoms with E-state index in [1.165, 1.54) is 5.56 Å². The van der Waals surface area contributed by atoms with Crippen LogP contribution in [0.2, 0.25) is 0 Å². The van der Waals surface area contributed by atoms with Crippen LogP contribution in [-0.4, -0.2) is 5.60 Å². The highest BCUT2D eigenvalue weighted by atomic mass is 16.5. The standard InChI is InChI=1S/C14H17NO/c1-11-8-13(15)10-14(2,16-11)9-12-6-4-3-5-7-12/h3-8,10H,9,15H2,1-2H3. The number of ether oxygens (including phenoxy) is 1. The van der Waals surface area contributed by atoms with Crippen molar-refractivity contribution in [1.29, 1.82) is 0 Å². The largest absolute Gasteiger partial charge is 0.488 e. The minimum Gasteiger partial charge on any atom is -0.488 e. The highest BCUT2D eigenvalue weighted by Crippen LogP contribution is 2.27. The van der Waals surface area contributed by atoms with Gasteiger partial charge in [0.05, 0.1) is 5.76 Å². The predicted molar refractivity (Wildman–Crippen MR) is 65.7 cm³/mol. The van der Waals surface area contributed by atoms with Crippen molar-refractivity contribution in [1.82, 2.24) is 0 Å². The van der Waals surface area contributed by atoms with E-state index < -0.39 is 0 Å². The Kier molecular flexibility index (Phi) is 2.73.